The molecule has 0 aromatic carbocycles. The lowest BCUT2D eigenvalue weighted by Crippen LogP contribution is -2.39. The Morgan fingerprint density at radius 1 is 1.56 bits per heavy atom. The number of aromatic nitrogens is 2. The molecule has 1 aliphatic heterocycles. The molecule has 1 aromatic heterocycles. The fourth-order valence-electron chi connectivity index (χ4n) is 1.86. The van der Waals surface area contributed by atoms with E-state index in [4.69, 9.17) is 0 Å². The highest BCUT2D eigenvalue weighted by molar-refractivity contribution is 7.98. The van der Waals surface area contributed by atoms with Crippen LogP contribution >= 0.6 is 11.8 Å². The Bertz CT molecular complexity index is 326. The predicted octanol–water partition coefficient (Wildman–Crippen LogP) is 1.75. The Morgan fingerprint density at radius 2 is 2.50 bits per heavy atom. The number of nitrogens with zero attached hydrogens (tertiary/aromatic N) is 2. The molecule has 1 aliphatic rings. The van der Waals surface area contributed by atoms with Crippen LogP contribution in [0.5, 0.6) is 0 Å². The molecular weight excluding hydrogens is 220 g/mol. The quantitative estimate of drug-likeness (QED) is 0.618. The highest BCUT2D eigenvalue weighted by atomic mass is 32.2. The number of rotatable bonds is 4. The van der Waals surface area contributed by atoms with E-state index in [0.29, 0.717) is 6.04 Å². The number of hydrogen-bond acceptors (Lipinski definition) is 5. The fourth-order valence-corrected chi connectivity index (χ4v) is 2.22. The molecule has 2 heterocycles. The first-order valence-electron chi connectivity index (χ1n) is 5.73. The van der Waals surface area contributed by atoms with Gasteiger partial charge >= 0.3 is 0 Å². The molecule has 0 aliphatic carbocycles. The van der Waals surface area contributed by atoms with Gasteiger partial charge in [0.25, 0.3) is 0 Å². The molecule has 1 atom stereocenters. The summed E-state index contributed by atoms with van der Waals surface area (Å²) in [4.78, 5) is 8.54. The summed E-state index contributed by atoms with van der Waals surface area (Å²) < 4.78 is 0. The van der Waals surface area contributed by atoms with Crippen LogP contribution in [0.4, 0.5) is 5.82 Å². The van der Waals surface area contributed by atoms with Crippen molar-refractivity contribution in [3.63, 3.8) is 0 Å². The lowest BCUT2D eigenvalue weighted by Gasteiger charge is -2.23. The van der Waals surface area contributed by atoms with Crippen LogP contribution < -0.4 is 10.6 Å². The average molecular weight is 238 g/mol. The Morgan fingerprint density at radius 3 is 3.25 bits per heavy atom. The summed E-state index contributed by atoms with van der Waals surface area (Å²) in [6, 6.07) is 2.50. The molecule has 0 radical (unpaired) electrons. The van der Waals surface area contributed by atoms with E-state index in [1.807, 2.05) is 12.3 Å². The second-order valence-corrected chi connectivity index (χ2v) is 4.73. The van der Waals surface area contributed by atoms with Crippen molar-refractivity contribution in [3.05, 3.63) is 12.3 Å². The van der Waals surface area contributed by atoms with Crippen LogP contribution in [0.25, 0.3) is 0 Å². The van der Waals surface area contributed by atoms with Crippen molar-refractivity contribution in [3.8, 4) is 0 Å². The van der Waals surface area contributed by atoms with E-state index in [1.165, 1.54) is 19.3 Å². The highest BCUT2D eigenvalue weighted by Crippen LogP contribution is 2.12. The minimum Gasteiger partial charge on any atom is -0.368 e. The summed E-state index contributed by atoms with van der Waals surface area (Å²) in [7, 11) is 0. The summed E-state index contributed by atoms with van der Waals surface area (Å²) >= 11 is 1.57. The standard InChI is InChI=1S/C11H18N4S/c1-16-11-13-7-5-10(15-11)14-8-9-4-2-3-6-12-9/h5,7,9,12H,2-4,6,8H2,1H3,(H,13,14,15)/t9-/m1/s1. The van der Waals surface area contributed by atoms with E-state index in [-0.39, 0.29) is 0 Å². The third-order valence-electron chi connectivity index (χ3n) is 2.76. The molecule has 1 saturated heterocycles. The Labute approximate surface area is 101 Å². The monoisotopic (exact) mass is 238 g/mol. The number of thioether (sulfide) groups is 1. The topological polar surface area (TPSA) is 49.8 Å². The van der Waals surface area contributed by atoms with Crippen molar-refractivity contribution in [2.24, 2.45) is 0 Å². The Hall–Kier alpha value is -0.810. The molecule has 0 spiro atoms. The third-order valence-corrected chi connectivity index (χ3v) is 3.32. The maximum absolute atomic E-state index is 4.39. The van der Waals surface area contributed by atoms with Gasteiger partial charge in [0, 0.05) is 18.8 Å². The van der Waals surface area contributed by atoms with Crippen molar-refractivity contribution < 1.29 is 0 Å². The minimum absolute atomic E-state index is 0.585. The summed E-state index contributed by atoms with van der Waals surface area (Å²) in [5.74, 6) is 0.923. The summed E-state index contributed by atoms with van der Waals surface area (Å²) in [6.45, 7) is 2.09. The van der Waals surface area contributed by atoms with Crippen molar-refractivity contribution in [2.75, 3.05) is 24.7 Å². The smallest absolute Gasteiger partial charge is 0.189 e. The first-order chi connectivity index (χ1) is 7.88. The first-order valence-corrected chi connectivity index (χ1v) is 6.95. The zero-order valence-corrected chi connectivity index (χ0v) is 10.4. The van der Waals surface area contributed by atoms with Gasteiger partial charge in [0.1, 0.15) is 5.82 Å². The largest absolute Gasteiger partial charge is 0.368 e. The van der Waals surface area contributed by atoms with E-state index in [0.717, 1.165) is 24.1 Å². The zero-order chi connectivity index (χ0) is 11.2. The molecule has 1 fully saturated rings. The maximum atomic E-state index is 4.39. The van der Waals surface area contributed by atoms with Crippen molar-refractivity contribution in [1.82, 2.24) is 15.3 Å². The van der Waals surface area contributed by atoms with Gasteiger partial charge in [-0.05, 0) is 31.7 Å². The van der Waals surface area contributed by atoms with E-state index >= 15 is 0 Å². The maximum Gasteiger partial charge on any atom is 0.189 e. The molecule has 0 unspecified atom stereocenters. The second-order valence-electron chi connectivity index (χ2n) is 3.96. The van der Waals surface area contributed by atoms with Crippen LogP contribution in [0.3, 0.4) is 0 Å². The molecule has 5 heteroatoms. The van der Waals surface area contributed by atoms with Gasteiger partial charge in [0.2, 0.25) is 0 Å². The van der Waals surface area contributed by atoms with Crippen LogP contribution in [-0.4, -0.2) is 35.4 Å². The lowest BCUT2D eigenvalue weighted by atomic mass is 10.1. The Kier molecular flexibility index (Phi) is 4.42. The van der Waals surface area contributed by atoms with Crippen LogP contribution in [0.15, 0.2) is 17.4 Å². The molecular formula is C11H18N4S. The Balaban J connectivity index is 1.83. The SMILES string of the molecule is CSc1nccc(NC[C@H]2CCCCN2)n1. The molecule has 2 N–H and O–H groups in total. The number of hydrogen-bond donors (Lipinski definition) is 2. The summed E-state index contributed by atoms with van der Waals surface area (Å²) in [6.07, 6.45) is 7.69. The van der Waals surface area contributed by atoms with Crippen molar-refractivity contribution in [2.45, 2.75) is 30.5 Å². The van der Waals surface area contributed by atoms with Crippen LogP contribution in [0.2, 0.25) is 0 Å². The second kappa shape index (κ2) is 6.06. The van der Waals surface area contributed by atoms with Crippen LogP contribution in [0.1, 0.15) is 19.3 Å². The van der Waals surface area contributed by atoms with Gasteiger partial charge in [0.05, 0.1) is 0 Å². The molecule has 16 heavy (non-hydrogen) atoms. The summed E-state index contributed by atoms with van der Waals surface area (Å²) in [5.41, 5.74) is 0. The lowest BCUT2D eigenvalue weighted by molar-refractivity contribution is 0.414. The van der Waals surface area contributed by atoms with Gasteiger partial charge in [-0.1, -0.05) is 18.2 Å². The molecule has 88 valence electrons. The third kappa shape index (κ3) is 3.35. The highest BCUT2D eigenvalue weighted by Gasteiger charge is 2.11. The molecule has 2 rings (SSSR count). The molecule has 1 aromatic rings. The van der Waals surface area contributed by atoms with Gasteiger partial charge in [-0.25, -0.2) is 9.97 Å². The molecule has 0 saturated carbocycles. The van der Waals surface area contributed by atoms with E-state index in [1.54, 1.807) is 18.0 Å². The van der Waals surface area contributed by atoms with Crippen LogP contribution in [-0.2, 0) is 0 Å². The zero-order valence-electron chi connectivity index (χ0n) is 9.57. The van der Waals surface area contributed by atoms with E-state index in [9.17, 15) is 0 Å². The molecule has 0 bridgehead atoms. The van der Waals surface area contributed by atoms with E-state index in [2.05, 4.69) is 20.6 Å². The van der Waals surface area contributed by atoms with Crippen LogP contribution in [0, 0.1) is 0 Å². The van der Waals surface area contributed by atoms with Crippen molar-refractivity contribution in [1.29, 1.82) is 0 Å². The van der Waals surface area contributed by atoms with Gasteiger partial charge in [-0.15, -0.1) is 0 Å². The number of anilines is 1. The van der Waals surface area contributed by atoms with Gasteiger partial charge in [-0.2, -0.15) is 0 Å². The normalized spacial score (nSPS) is 20.7. The van der Waals surface area contributed by atoms with Gasteiger partial charge in [-0.3, -0.25) is 0 Å². The molecule has 4 nitrogen and oxygen atoms in total. The first kappa shape index (κ1) is 11.7. The number of piperidine rings is 1. The minimum atomic E-state index is 0.585. The van der Waals surface area contributed by atoms with Gasteiger partial charge in [0.15, 0.2) is 5.16 Å². The average Bonchev–Trinajstić information content (AvgIpc) is 2.38. The fraction of sp³-hybridized carbons (Fsp3) is 0.636. The van der Waals surface area contributed by atoms with Crippen molar-refractivity contribution >= 4 is 17.6 Å². The predicted molar refractivity (Wildman–Crippen MR) is 67.9 cm³/mol. The number of nitrogens with one attached hydrogen (secondary N) is 2. The van der Waals surface area contributed by atoms with Gasteiger partial charge < -0.3 is 10.6 Å². The molecule has 0 amide bonds. The summed E-state index contributed by atoms with van der Waals surface area (Å²) in [5, 5.41) is 7.69. The van der Waals surface area contributed by atoms with E-state index < -0.39 is 0 Å².